The van der Waals surface area contributed by atoms with Gasteiger partial charge in [0.2, 0.25) is 5.91 Å². The molecule has 3 N–H and O–H groups in total. The molecule has 0 saturated carbocycles. The average Bonchev–Trinajstić information content (AvgIpc) is 3.00. The Kier molecular flexibility index (Phi) is 4.46. The summed E-state index contributed by atoms with van der Waals surface area (Å²) in [7, 11) is 0. The minimum absolute atomic E-state index is 0.0212. The number of carbonyl (C=O) groups excluding carboxylic acids is 2. The lowest BCUT2D eigenvalue weighted by atomic mass is 9.60. The van der Waals surface area contributed by atoms with Crippen LogP contribution in [-0.2, 0) is 15.0 Å². The molecule has 1 amide bonds. The Morgan fingerprint density at radius 1 is 1.21 bits per heavy atom. The van der Waals surface area contributed by atoms with E-state index in [1.807, 2.05) is 32.9 Å². The minimum Gasteiger partial charge on any atom is -0.384 e. The molecule has 0 fully saturated rings. The first-order valence-electron chi connectivity index (χ1n) is 10.6. The maximum absolute atomic E-state index is 13.8. The van der Waals surface area contributed by atoms with Gasteiger partial charge in [0.1, 0.15) is 23.1 Å². The summed E-state index contributed by atoms with van der Waals surface area (Å²) >= 11 is 6.04. The number of benzene rings is 1. The molecule has 2 aliphatic heterocycles. The van der Waals surface area contributed by atoms with Crippen LogP contribution in [0.4, 0.5) is 11.5 Å². The lowest BCUT2D eigenvalue weighted by Gasteiger charge is -2.46. The predicted octanol–water partition coefficient (Wildman–Crippen LogP) is 4.09. The number of rotatable bonds is 1. The van der Waals surface area contributed by atoms with Crippen molar-refractivity contribution in [2.24, 2.45) is 11.1 Å². The van der Waals surface area contributed by atoms with Crippen LogP contribution >= 0.6 is 11.6 Å². The number of halogens is 1. The van der Waals surface area contributed by atoms with Gasteiger partial charge < -0.3 is 11.1 Å². The van der Waals surface area contributed by atoms with Crippen molar-refractivity contribution in [1.29, 1.82) is 5.26 Å². The van der Waals surface area contributed by atoms with Gasteiger partial charge in [-0.2, -0.15) is 5.26 Å². The fraction of sp³-hybridized carbons (Fsp3) is 0.280. The second-order valence-corrected chi connectivity index (χ2v) is 9.99. The molecule has 0 bridgehead atoms. The van der Waals surface area contributed by atoms with Gasteiger partial charge in [-0.25, -0.2) is 4.98 Å². The lowest BCUT2D eigenvalue weighted by molar-refractivity contribution is -0.123. The van der Waals surface area contributed by atoms with Gasteiger partial charge in [-0.3, -0.25) is 14.5 Å². The number of fused-ring (bicyclic) bond motifs is 3. The number of hydrogen-bond donors (Lipinski definition) is 2. The normalized spacial score (nSPS) is 23.4. The second kappa shape index (κ2) is 6.93. The number of nitrogens with one attached hydrogen (secondary N) is 1. The van der Waals surface area contributed by atoms with Crippen LogP contribution in [0, 0.1) is 23.7 Å². The second-order valence-electron chi connectivity index (χ2n) is 9.56. The Hall–Kier alpha value is -3.63. The topological polar surface area (TPSA) is 112 Å². The molecule has 1 aliphatic carbocycles. The highest BCUT2D eigenvalue weighted by Crippen LogP contribution is 2.57. The number of pyridine rings is 1. The molecule has 2 aromatic rings. The number of allylic oxidation sites excluding steroid dienone is 1. The molecule has 1 spiro atoms. The Morgan fingerprint density at radius 3 is 2.64 bits per heavy atom. The number of nitrogens with zero attached hydrogens (tertiary/aromatic N) is 3. The van der Waals surface area contributed by atoms with Gasteiger partial charge in [0.05, 0.1) is 10.6 Å². The van der Waals surface area contributed by atoms with Crippen molar-refractivity contribution in [3.05, 3.63) is 75.3 Å². The van der Waals surface area contributed by atoms with E-state index in [0.29, 0.717) is 39.8 Å². The van der Waals surface area contributed by atoms with E-state index in [0.717, 1.165) is 5.56 Å². The first-order chi connectivity index (χ1) is 15.6. The predicted molar refractivity (Wildman–Crippen MR) is 125 cm³/mol. The summed E-state index contributed by atoms with van der Waals surface area (Å²) in [5, 5.41) is 13.7. The zero-order valence-corrected chi connectivity index (χ0v) is 19.2. The van der Waals surface area contributed by atoms with Crippen LogP contribution in [0.25, 0.3) is 0 Å². The standard InChI is InChI=1S/C25H22ClN5O2/c1-13-4-6-17-15(8-13)25(23(33)30-17)16(11-27)22(28)31(20-7-5-14(26)12-29-20)18-9-24(2,3)10-19(32)21(18)25/h4-8,12H,9-10,28H2,1-3H3,(H,30,33)/t25-/m0/s1. The summed E-state index contributed by atoms with van der Waals surface area (Å²) in [5.41, 5.74) is 7.66. The minimum atomic E-state index is -1.59. The van der Waals surface area contributed by atoms with Gasteiger partial charge >= 0.3 is 0 Å². The van der Waals surface area contributed by atoms with Gasteiger partial charge in [-0.1, -0.05) is 43.1 Å². The van der Waals surface area contributed by atoms with E-state index in [9.17, 15) is 14.9 Å². The average molecular weight is 460 g/mol. The number of carbonyl (C=O) groups is 2. The Bertz CT molecular complexity index is 1350. The summed E-state index contributed by atoms with van der Waals surface area (Å²) in [5.74, 6) is -0.0988. The van der Waals surface area contributed by atoms with Crippen LogP contribution < -0.4 is 16.0 Å². The van der Waals surface area contributed by atoms with Gasteiger partial charge in [-0.15, -0.1) is 0 Å². The monoisotopic (exact) mass is 459 g/mol. The number of amides is 1. The molecule has 3 aliphatic rings. The van der Waals surface area contributed by atoms with Crippen LogP contribution in [-0.4, -0.2) is 16.7 Å². The van der Waals surface area contributed by atoms with E-state index < -0.39 is 11.3 Å². The fourth-order valence-corrected chi connectivity index (χ4v) is 5.41. The van der Waals surface area contributed by atoms with E-state index in [1.165, 1.54) is 6.20 Å². The number of anilines is 2. The van der Waals surface area contributed by atoms with E-state index in [2.05, 4.69) is 16.4 Å². The SMILES string of the molecule is Cc1ccc2c(c1)[C@]1(C(=O)N2)C(C#N)=C(N)N(c2ccc(Cl)cn2)C2=C1C(=O)CC(C)(C)C2. The van der Waals surface area contributed by atoms with Gasteiger partial charge in [-0.05, 0) is 37.0 Å². The number of hydrogen-bond acceptors (Lipinski definition) is 6. The molecule has 1 aromatic heterocycles. The molecule has 0 unspecified atom stereocenters. The van der Waals surface area contributed by atoms with Crippen LogP contribution in [0.3, 0.4) is 0 Å². The van der Waals surface area contributed by atoms with Crippen molar-refractivity contribution in [3.63, 3.8) is 0 Å². The number of nitriles is 1. The molecule has 0 saturated heterocycles. The molecule has 1 atom stereocenters. The third kappa shape index (κ3) is 2.84. The van der Waals surface area contributed by atoms with Crippen LogP contribution in [0.1, 0.15) is 37.8 Å². The highest BCUT2D eigenvalue weighted by molar-refractivity contribution is 6.30. The van der Waals surface area contributed by atoms with E-state index in [-0.39, 0.29) is 29.0 Å². The zero-order chi connectivity index (χ0) is 23.7. The van der Waals surface area contributed by atoms with Crippen LogP contribution in [0.5, 0.6) is 0 Å². The first kappa shape index (κ1) is 21.2. The molecule has 7 nitrogen and oxygen atoms in total. The molecule has 8 heteroatoms. The van der Waals surface area contributed by atoms with E-state index in [4.69, 9.17) is 17.3 Å². The van der Waals surface area contributed by atoms with E-state index >= 15 is 0 Å². The molecule has 1 aromatic carbocycles. The zero-order valence-electron chi connectivity index (χ0n) is 18.5. The molecule has 33 heavy (non-hydrogen) atoms. The maximum atomic E-state index is 13.8. The van der Waals surface area contributed by atoms with Crippen molar-refractivity contribution in [1.82, 2.24) is 4.98 Å². The molecule has 5 rings (SSSR count). The van der Waals surface area contributed by atoms with Crippen molar-refractivity contribution >= 4 is 34.8 Å². The first-order valence-corrected chi connectivity index (χ1v) is 11.0. The van der Waals surface area contributed by atoms with Crippen molar-refractivity contribution in [2.45, 2.75) is 39.0 Å². The number of aromatic nitrogens is 1. The summed E-state index contributed by atoms with van der Waals surface area (Å²) < 4.78 is 0. The summed E-state index contributed by atoms with van der Waals surface area (Å²) in [6, 6.07) is 11.1. The third-order valence-electron chi connectivity index (χ3n) is 6.59. The van der Waals surface area contributed by atoms with Gasteiger partial charge in [0.25, 0.3) is 0 Å². The van der Waals surface area contributed by atoms with Crippen LogP contribution in [0.15, 0.2) is 59.2 Å². The van der Waals surface area contributed by atoms with Crippen molar-refractivity contribution in [3.8, 4) is 6.07 Å². The fourth-order valence-electron chi connectivity index (χ4n) is 5.29. The summed E-state index contributed by atoms with van der Waals surface area (Å²) in [4.78, 5) is 33.5. The van der Waals surface area contributed by atoms with E-state index in [1.54, 1.807) is 23.1 Å². The summed E-state index contributed by atoms with van der Waals surface area (Å²) in [6.07, 6.45) is 2.22. The largest absolute Gasteiger partial charge is 0.384 e. The number of ketones is 1. The maximum Gasteiger partial charge on any atom is 0.245 e. The number of Topliss-reactive ketones (excluding diaryl/α,β-unsaturated/α-hetero) is 1. The Balaban J connectivity index is 1.90. The Labute approximate surface area is 196 Å². The van der Waals surface area contributed by atoms with Gasteiger partial charge in [0.15, 0.2) is 5.78 Å². The Morgan fingerprint density at radius 2 is 1.97 bits per heavy atom. The molecule has 3 heterocycles. The lowest BCUT2D eigenvalue weighted by Crippen LogP contribution is -2.52. The smallest absolute Gasteiger partial charge is 0.245 e. The summed E-state index contributed by atoms with van der Waals surface area (Å²) in [6.45, 7) is 5.91. The van der Waals surface area contributed by atoms with Gasteiger partial charge in [0, 0.05) is 35.1 Å². The highest BCUT2D eigenvalue weighted by atomic mass is 35.5. The quantitative estimate of drug-likeness (QED) is 0.664. The molecular formula is C25H22ClN5O2. The number of aryl methyl sites for hydroxylation is 1. The number of nitrogens with two attached hydrogens (primary N) is 1. The molecule has 0 radical (unpaired) electrons. The van der Waals surface area contributed by atoms with Crippen LogP contribution in [0.2, 0.25) is 5.02 Å². The third-order valence-corrected chi connectivity index (χ3v) is 6.81. The van der Waals surface area contributed by atoms with Crippen molar-refractivity contribution < 1.29 is 9.59 Å². The molecular weight excluding hydrogens is 438 g/mol. The molecule has 166 valence electrons. The highest BCUT2D eigenvalue weighted by Gasteiger charge is 2.61. The van der Waals surface area contributed by atoms with Crippen molar-refractivity contribution in [2.75, 3.05) is 10.2 Å².